The van der Waals surface area contributed by atoms with Crippen molar-refractivity contribution in [1.29, 1.82) is 0 Å². The molecule has 2 heterocycles. The van der Waals surface area contributed by atoms with E-state index in [1.807, 2.05) is 54.7 Å². The van der Waals surface area contributed by atoms with Crippen LogP contribution in [0.2, 0.25) is 0 Å². The third kappa shape index (κ3) is 3.44. The first-order valence-electron chi connectivity index (χ1n) is 8.55. The molecule has 4 rings (SSSR count). The van der Waals surface area contributed by atoms with Crippen LogP contribution in [0.25, 0.3) is 28.1 Å². The van der Waals surface area contributed by atoms with Gasteiger partial charge in [-0.1, -0.05) is 42.5 Å². The van der Waals surface area contributed by atoms with E-state index in [0.717, 1.165) is 22.0 Å². The van der Waals surface area contributed by atoms with E-state index in [1.165, 1.54) is 19.9 Å². The van der Waals surface area contributed by atoms with Crippen molar-refractivity contribution in [2.24, 2.45) is 0 Å². The molecule has 1 fully saturated rings. The summed E-state index contributed by atoms with van der Waals surface area (Å²) in [7, 11) is 0. The van der Waals surface area contributed by atoms with Gasteiger partial charge < -0.3 is 9.47 Å². The van der Waals surface area contributed by atoms with Gasteiger partial charge in [-0.05, 0) is 29.3 Å². The third-order valence-corrected chi connectivity index (χ3v) is 4.26. The van der Waals surface area contributed by atoms with Gasteiger partial charge in [0, 0.05) is 31.0 Å². The van der Waals surface area contributed by atoms with Gasteiger partial charge in [0.05, 0.1) is 5.52 Å². The second-order valence-corrected chi connectivity index (χ2v) is 6.78. The maximum atomic E-state index is 12.0. The van der Waals surface area contributed by atoms with Crippen molar-refractivity contribution in [2.75, 3.05) is 0 Å². The summed E-state index contributed by atoms with van der Waals surface area (Å²) in [6.07, 6.45) is 3.30. The summed E-state index contributed by atoms with van der Waals surface area (Å²) >= 11 is 0. The number of aromatic nitrogens is 1. The summed E-state index contributed by atoms with van der Waals surface area (Å²) in [5.41, 5.74) is 3.52. The zero-order valence-corrected chi connectivity index (χ0v) is 14.9. The van der Waals surface area contributed by atoms with Crippen LogP contribution >= 0.6 is 0 Å². The Labute approximate surface area is 156 Å². The molecule has 0 saturated carbocycles. The molecule has 0 aliphatic carbocycles. The highest BCUT2D eigenvalue weighted by Gasteiger charge is 2.38. The van der Waals surface area contributed by atoms with Crippen LogP contribution in [-0.4, -0.2) is 22.7 Å². The van der Waals surface area contributed by atoms with Crippen molar-refractivity contribution >= 4 is 28.9 Å². The summed E-state index contributed by atoms with van der Waals surface area (Å²) < 4.78 is 10.2. The molecule has 134 valence electrons. The number of pyridine rings is 1. The van der Waals surface area contributed by atoms with Gasteiger partial charge >= 0.3 is 11.9 Å². The lowest BCUT2D eigenvalue weighted by molar-refractivity contribution is -0.222. The predicted molar refractivity (Wildman–Crippen MR) is 101 cm³/mol. The predicted octanol–water partition coefficient (Wildman–Crippen LogP) is 4.12. The van der Waals surface area contributed by atoms with Gasteiger partial charge in [0.2, 0.25) is 0 Å². The van der Waals surface area contributed by atoms with Crippen LogP contribution in [-0.2, 0) is 19.1 Å². The molecule has 0 unspecified atom stereocenters. The molecule has 1 saturated heterocycles. The van der Waals surface area contributed by atoms with Crippen molar-refractivity contribution in [1.82, 2.24) is 4.98 Å². The standard InChI is InChI=1S/C22H17NO4/c1-22(2)26-20(24)18(21(25)27-22)11-14-7-9-15(10-8-14)17-12-16-5-3-4-6-19(16)23-13-17/h3-13H,1-2H3. The lowest BCUT2D eigenvalue weighted by Gasteiger charge is -2.29. The SMILES string of the molecule is CC1(C)OC(=O)C(=Cc2ccc(-c3cnc4ccccc4c3)cc2)C(=O)O1. The number of carbonyl (C=O) groups is 2. The first kappa shape index (κ1) is 17.0. The van der Waals surface area contributed by atoms with E-state index in [2.05, 4.69) is 11.1 Å². The summed E-state index contributed by atoms with van der Waals surface area (Å²) in [6, 6.07) is 17.5. The average Bonchev–Trinajstić information content (AvgIpc) is 2.64. The first-order valence-corrected chi connectivity index (χ1v) is 8.55. The first-order chi connectivity index (χ1) is 12.9. The lowest BCUT2D eigenvalue weighted by Crippen LogP contribution is -2.41. The monoisotopic (exact) mass is 359 g/mol. The lowest BCUT2D eigenvalue weighted by atomic mass is 10.0. The molecule has 0 amide bonds. The van der Waals surface area contributed by atoms with E-state index in [4.69, 9.17) is 9.47 Å². The van der Waals surface area contributed by atoms with Gasteiger partial charge in [-0.3, -0.25) is 4.98 Å². The molecule has 0 radical (unpaired) electrons. The molecule has 1 aliphatic rings. The van der Waals surface area contributed by atoms with Gasteiger partial charge in [-0.25, -0.2) is 9.59 Å². The van der Waals surface area contributed by atoms with Crippen molar-refractivity contribution in [3.8, 4) is 11.1 Å². The number of nitrogens with zero attached hydrogens (tertiary/aromatic N) is 1. The minimum absolute atomic E-state index is 0.116. The van der Waals surface area contributed by atoms with E-state index in [-0.39, 0.29) is 5.57 Å². The largest absolute Gasteiger partial charge is 0.419 e. The Balaban J connectivity index is 1.62. The van der Waals surface area contributed by atoms with Gasteiger partial charge in [0.15, 0.2) is 0 Å². The van der Waals surface area contributed by atoms with E-state index >= 15 is 0 Å². The molecular weight excluding hydrogens is 342 g/mol. The van der Waals surface area contributed by atoms with Crippen LogP contribution in [0.4, 0.5) is 0 Å². The van der Waals surface area contributed by atoms with Crippen molar-refractivity contribution < 1.29 is 19.1 Å². The van der Waals surface area contributed by atoms with Crippen molar-refractivity contribution in [3.63, 3.8) is 0 Å². The Bertz CT molecular complexity index is 1060. The number of ether oxygens (including phenoxy) is 2. The second-order valence-electron chi connectivity index (χ2n) is 6.78. The number of esters is 2. The normalized spacial score (nSPS) is 16.0. The van der Waals surface area contributed by atoms with Crippen LogP contribution < -0.4 is 0 Å². The third-order valence-electron chi connectivity index (χ3n) is 4.26. The average molecular weight is 359 g/mol. The zero-order chi connectivity index (χ0) is 19.0. The fourth-order valence-corrected chi connectivity index (χ4v) is 2.95. The fourth-order valence-electron chi connectivity index (χ4n) is 2.95. The summed E-state index contributed by atoms with van der Waals surface area (Å²) in [5, 5.41) is 1.07. The van der Waals surface area contributed by atoms with Gasteiger partial charge in [-0.2, -0.15) is 0 Å². The van der Waals surface area contributed by atoms with E-state index in [9.17, 15) is 9.59 Å². The summed E-state index contributed by atoms with van der Waals surface area (Å²) in [4.78, 5) is 28.5. The highest BCUT2D eigenvalue weighted by atomic mass is 16.7. The number of cyclic esters (lactones) is 2. The van der Waals surface area contributed by atoms with Gasteiger partial charge in [0.1, 0.15) is 5.57 Å². The molecule has 3 aromatic rings. The summed E-state index contributed by atoms with van der Waals surface area (Å²) in [5.74, 6) is -2.60. The number of fused-ring (bicyclic) bond motifs is 1. The molecule has 0 bridgehead atoms. The molecule has 0 N–H and O–H groups in total. The van der Waals surface area contributed by atoms with Crippen molar-refractivity contribution in [3.05, 3.63) is 71.9 Å². The molecule has 27 heavy (non-hydrogen) atoms. The molecule has 0 spiro atoms. The van der Waals surface area contributed by atoms with E-state index in [0.29, 0.717) is 5.56 Å². The second kappa shape index (κ2) is 6.36. The Kier molecular flexibility index (Phi) is 4.00. The van der Waals surface area contributed by atoms with Crippen LogP contribution in [0.1, 0.15) is 19.4 Å². The van der Waals surface area contributed by atoms with Crippen molar-refractivity contribution in [2.45, 2.75) is 19.6 Å². The zero-order valence-electron chi connectivity index (χ0n) is 14.9. The minimum Gasteiger partial charge on any atom is -0.419 e. The van der Waals surface area contributed by atoms with Gasteiger partial charge in [-0.15, -0.1) is 0 Å². The van der Waals surface area contributed by atoms with Gasteiger partial charge in [0.25, 0.3) is 5.79 Å². The molecule has 1 aromatic heterocycles. The Morgan fingerprint density at radius 2 is 1.56 bits per heavy atom. The molecule has 1 aliphatic heterocycles. The Hall–Kier alpha value is -3.47. The maximum absolute atomic E-state index is 12.0. The number of hydrogen-bond donors (Lipinski definition) is 0. The topological polar surface area (TPSA) is 65.5 Å². The van der Waals surface area contributed by atoms with Crippen LogP contribution in [0, 0.1) is 0 Å². The summed E-state index contributed by atoms with van der Waals surface area (Å²) in [6.45, 7) is 3.04. The smallest absolute Gasteiger partial charge is 0.348 e. The molecular formula is C22H17NO4. The number of carbonyl (C=O) groups excluding carboxylic acids is 2. The Morgan fingerprint density at radius 1 is 0.889 bits per heavy atom. The maximum Gasteiger partial charge on any atom is 0.348 e. The minimum atomic E-state index is -1.24. The number of rotatable bonds is 2. The highest BCUT2D eigenvalue weighted by Crippen LogP contribution is 2.26. The Morgan fingerprint density at radius 3 is 2.26 bits per heavy atom. The number of hydrogen-bond acceptors (Lipinski definition) is 5. The molecule has 0 atom stereocenters. The fraction of sp³-hybridized carbons (Fsp3) is 0.136. The molecule has 2 aromatic carbocycles. The molecule has 5 nitrogen and oxygen atoms in total. The van der Waals surface area contributed by atoms with Crippen LogP contribution in [0.15, 0.2) is 66.4 Å². The molecule has 5 heteroatoms. The quantitative estimate of drug-likeness (QED) is 0.391. The van der Waals surface area contributed by atoms with E-state index < -0.39 is 17.7 Å². The number of benzene rings is 2. The number of para-hydroxylation sites is 1. The van der Waals surface area contributed by atoms with Crippen LogP contribution in [0.5, 0.6) is 0 Å². The highest BCUT2D eigenvalue weighted by molar-refractivity contribution is 6.18. The van der Waals surface area contributed by atoms with E-state index in [1.54, 1.807) is 0 Å². The van der Waals surface area contributed by atoms with Crippen LogP contribution in [0.3, 0.4) is 0 Å².